The SMILES string of the molecule is O=C(CCc1cn[nH]c1)N[C@@H](CO)c1ccc(F)cc1. The number of aromatic amines is 1. The Bertz CT molecular complexity index is 540. The van der Waals surface area contributed by atoms with Crippen LogP contribution in [0.3, 0.4) is 0 Å². The van der Waals surface area contributed by atoms with Crippen LogP contribution in [0.1, 0.15) is 23.6 Å². The van der Waals surface area contributed by atoms with Gasteiger partial charge in [-0.2, -0.15) is 5.10 Å². The average molecular weight is 277 g/mol. The van der Waals surface area contributed by atoms with Gasteiger partial charge in [0.2, 0.25) is 5.91 Å². The van der Waals surface area contributed by atoms with E-state index in [9.17, 15) is 14.3 Å². The number of carbonyl (C=O) groups excluding carboxylic acids is 1. The summed E-state index contributed by atoms with van der Waals surface area (Å²) in [5, 5.41) is 18.5. The maximum atomic E-state index is 12.8. The molecule has 0 aliphatic carbocycles. The molecule has 1 heterocycles. The van der Waals surface area contributed by atoms with Crippen molar-refractivity contribution in [3.63, 3.8) is 0 Å². The van der Waals surface area contributed by atoms with Gasteiger partial charge in [-0.25, -0.2) is 4.39 Å². The average Bonchev–Trinajstić information content (AvgIpc) is 2.97. The lowest BCUT2D eigenvalue weighted by Crippen LogP contribution is -2.30. The fraction of sp³-hybridized carbons (Fsp3) is 0.286. The van der Waals surface area contributed by atoms with Crippen molar-refractivity contribution < 1.29 is 14.3 Å². The molecule has 0 spiro atoms. The highest BCUT2D eigenvalue weighted by atomic mass is 19.1. The molecule has 6 heteroatoms. The van der Waals surface area contributed by atoms with Crippen molar-refractivity contribution in [3.8, 4) is 0 Å². The summed E-state index contributed by atoms with van der Waals surface area (Å²) in [7, 11) is 0. The van der Waals surface area contributed by atoms with Crippen LogP contribution in [0, 0.1) is 5.82 Å². The van der Waals surface area contributed by atoms with Crippen molar-refractivity contribution in [2.75, 3.05) is 6.61 Å². The molecular formula is C14H16FN3O2. The van der Waals surface area contributed by atoms with E-state index in [2.05, 4.69) is 15.5 Å². The molecule has 2 rings (SSSR count). The molecule has 106 valence electrons. The van der Waals surface area contributed by atoms with Crippen LogP contribution >= 0.6 is 0 Å². The summed E-state index contributed by atoms with van der Waals surface area (Å²) >= 11 is 0. The molecule has 0 bridgehead atoms. The minimum absolute atomic E-state index is 0.172. The molecule has 20 heavy (non-hydrogen) atoms. The fourth-order valence-corrected chi connectivity index (χ4v) is 1.87. The lowest BCUT2D eigenvalue weighted by molar-refractivity contribution is -0.122. The minimum Gasteiger partial charge on any atom is -0.394 e. The number of carbonyl (C=O) groups is 1. The highest BCUT2D eigenvalue weighted by Crippen LogP contribution is 2.13. The maximum absolute atomic E-state index is 12.8. The Balaban J connectivity index is 1.89. The van der Waals surface area contributed by atoms with Gasteiger partial charge >= 0.3 is 0 Å². The first-order valence-electron chi connectivity index (χ1n) is 6.32. The molecule has 5 nitrogen and oxygen atoms in total. The largest absolute Gasteiger partial charge is 0.394 e. The van der Waals surface area contributed by atoms with Gasteiger partial charge in [-0.15, -0.1) is 0 Å². The minimum atomic E-state index is -0.521. The lowest BCUT2D eigenvalue weighted by atomic mass is 10.1. The van der Waals surface area contributed by atoms with E-state index in [1.54, 1.807) is 24.5 Å². The van der Waals surface area contributed by atoms with Crippen LogP contribution in [0.2, 0.25) is 0 Å². The first-order valence-corrected chi connectivity index (χ1v) is 6.32. The number of aromatic nitrogens is 2. The number of amides is 1. The van der Waals surface area contributed by atoms with Crippen LogP contribution in [-0.2, 0) is 11.2 Å². The van der Waals surface area contributed by atoms with E-state index >= 15 is 0 Å². The normalized spacial score (nSPS) is 12.1. The van der Waals surface area contributed by atoms with Crippen molar-refractivity contribution in [2.45, 2.75) is 18.9 Å². The van der Waals surface area contributed by atoms with Gasteiger partial charge in [0.05, 0.1) is 18.8 Å². The second kappa shape index (κ2) is 6.81. The number of rotatable bonds is 6. The molecular weight excluding hydrogens is 261 g/mol. The summed E-state index contributed by atoms with van der Waals surface area (Å²) in [6, 6.07) is 5.18. The predicted molar refractivity (Wildman–Crippen MR) is 71.3 cm³/mol. The van der Waals surface area contributed by atoms with E-state index in [1.165, 1.54) is 12.1 Å². The van der Waals surface area contributed by atoms with Crippen molar-refractivity contribution in [1.82, 2.24) is 15.5 Å². The summed E-state index contributed by atoms with van der Waals surface area (Å²) in [5.74, 6) is -0.522. The molecule has 1 atom stereocenters. The molecule has 2 aromatic rings. The highest BCUT2D eigenvalue weighted by Gasteiger charge is 2.13. The quantitative estimate of drug-likeness (QED) is 0.745. The monoisotopic (exact) mass is 277 g/mol. The van der Waals surface area contributed by atoms with E-state index < -0.39 is 6.04 Å². The Labute approximate surface area is 115 Å². The Morgan fingerprint density at radius 1 is 1.40 bits per heavy atom. The van der Waals surface area contributed by atoms with E-state index in [0.29, 0.717) is 18.4 Å². The van der Waals surface area contributed by atoms with Gasteiger partial charge in [-0.1, -0.05) is 12.1 Å². The first kappa shape index (κ1) is 14.2. The Morgan fingerprint density at radius 2 is 2.15 bits per heavy atom. The lowest BCUT2D eigenvalue weighted by Gasteiger charge is -2.16. The number of aliphatic hydroxyl groups excluding tert-OH is 1. The molecule has 1 amide bonds. The molecule has 0 saturated heterocycles. The number of nitrogens with zero attached hydrogens (tertiary/aromatic N) is 1. The predicted octanol–water partition coefficient (Wildman–Crippen LogP) is 1.33. The standard InChI is InChI=1S/C14H16FN3O2/c15-12-4-2-11(3-5-12)13(9-19)18-14(20)6-1-10-7-16-17-8-10/h2-5,7-8,13,19H,1,6,9H2,(H,16,17)(H,18,20)/t13-/m0/s1. The van der Waals surface area contributed by atoms with Crippen LogP contribution in [-0.4, -0.2) is 27.8 Å². The first-order chi connectivity index (χ1) is 9.69. The van der Waals surface area contributed by atoms with Crippen molar-refractivity contribution in [2.24, 2.45) is 0 Å². The molecule has 0 radical (unpaired) electrons. The third-order valence-corrected chi connectivity index (χ3v) is 2.99. The van der Waals surface area contributed by atoms with Crippen molar-refractivity contribution in [1.29, 1.82) is 0 Å². The molecule has 3 N–H and O–H groups in total. The zero-order valence-corrected chi connectivity index (χ0v) is 10.8. The third kappa shape index (κ3) is 3.89. The van der Waals surface area contributed by atoms with Crippen LogP contribution in [0.5, 0.6) is 0 Å². The number of hydrogen-bond donors (Lipinski definition) is 3. The number of nitrogens with one attached hydrogen (secondary N) is 2. The molecule has 0 saturated carbocycles. The summed E-state index contributed by atoms with van der Waals surface area (Å²) in [6.07, 6.45) is 4.27. The van der Waals surface area contributed by atoms with Crippen molar-refractivity contribution in [3.05, 3.63) is 53.6 Å². The highest BCUT2D eigenvalue weighted by molar-refractivity contribution is 5.76. The van der Waals surface area contributed by atoms with Gasteiger partial charge in [0.1, 0.15) is 5.82 Å². The topological polar surface area (TPSA) is 78.0 Å². The van der Waals surface area contributed by atoms with Gasteiger partial charge < -0.3 is 10.4 Å². The second-order valence-electron chi connectivity index (χ2n) is 4.46. The number of hydrogen-bond acceptors (Lipinski definition) is 3. The summed E-state index contributed by atoms with van der Waals surface area (Å²) < 4.78 is 12.8. The van der Waals surface area contributed by atoms with Gasteiger partial charge in [0, 0.05) is 12.6 Å². The smallest absolute Gasteiger partial charge is 0.220 e. The van der Waals surface area contributed by atoms with Crippen LogP contribution in [0.15, 0.2) is 36.7 Å². The second-order valence-corrected chi connectivity index (χ2v) is 4.46. The number of halogens is 1. The molecule has 0 unspecified atom stereocenters. The van der Waals surface area contributed by atoms with Crippen LogP contribution in [0.4, 0.5) is 4.39 Å². The molecule has 0 aliphatic heterocycles. The van der Waals surface area contributed by atoms with E-state index in [4.69, 9.17) is 0 Å². The molecule has 0 fully saturated rings. The van der Waals surface area contributed by atoms with E-state index in [0.717, 1.165) is 5.56 Å². The fourth-order valence-electron chi connectivity index (χ4n) is 1.87. The van der Waals surface area contributed by atoms with E-state index in [-0.39, 0.29) is 18.3 Å². The van der Waals surface area contributed by atoms with E-state index in [1.807, 2.05) is 0 Å². The molecule has 1 aromatic heterocycles. The third-order valence-electron chi connectivity index (χ3n) is 2.99. The Kier molecular flexibility index (Phi) is 4.84. The van der Waals surface area contributed by atoms with Crippen LogP contribution in [0.25, 0.3) is 0 Å². The number of H-pyrrole nitrogens is 1. The summed E-state index contributed by atoms with van der Waals surface area (Å²) in [5.41, 5.74) is 1.62. The van der Waals surface area contributed by atoms with Crippen molar-refractivity contribution >= 4 is 5.91 Å². The maximum Gasteiger partial charge on any atom is 0.220 e. The molecule has 0 aliphatic rings. The zero-order chi connectivity index (χ0) is 14.4. The van der Waals surface area contributed by atoms with Crippen LogP contribution < -0.4 is 5.32 Å². The van der Waals surface area contributed by atoms with Gasteiger partial charge in [0.15, 0.2) is 0 Å². The number of benzene rings is 1. The van der Waals surface area contributed by atoms with Gasteiger partial charge in [-0.05, 0) is 29.7 Å². The Morgan fingerprint density at radius 3 is 2.75 bits per heavy atom. The molecule has 1 aromatic carbocycles. The van der Waals surface area contributed by atoms with Gasteiger partial charge in [0.25, 0.3) is 0 Å². The summed E-state index contributed by atoms with van der Waals surface area (Å²) in [6.45, 7) is -0.233. The summed E-state index contributed by atoms with van der Waals surface area (Å²) in [4.78, 5) is 11.8. The number of aryl methyl sites for hydroxylation is 1. The Hall–Kier alpha value is -2.21. The van der Waals surface area contributed by atoms with Gasteiger partial charge in [-0.3, -0.25) is 9.89 Å². The zero-order valence-electron chi connectivity index (χ0n) is 10.8. The number of aliphatic hydroxyl groups is 1.